The van der Waals surface area contributed by atoms with Crippen LogP contribution < -0.4 is 25.9 Å². The summed E-state index contributed by atoms with van der Waals surface area (Å²) in [6.45, 7) is 11.5. The van der Waals surface area contributed by atoms with E-state index in [1.807, 2.05) is 63.3 Å². The lowest BCUT2D eigenvalue weighted by molar-refractivity contribution is -0.120. The number of phosphoric acid groups is 3. The number of allylic oxidation sites excluding steroid dienone is 3. The van der Waals surface area contributed by atoms with Crippen LogP contribution in [0.25, 0.3) is 39.8 Å². The minimum absolute atomic E-state index is 0.0409. The van der Waals surface area contributed by atoms with Crippen molar-refractivity contribution in [3.8, 4) is 34.5 Å². The summed E-state index contributed by atoms with van der Waals surface area (Å²) in [6, 6.07) is 20.7. The van der Waals surface area contributed by atoms with Crippen molar-refractivity contribution in [1.82, 2.24) is 24.4 Å². The third-order valence-corrected chi connectivity index (χ3v) is 18.5. The number of hydrogen-bond donors (Lipinski definition) is 7. The van der Waals surface area contributed by atoms with Crippen LogP contribution in [0.15, 0.2) is 106 Å². The summed E-state index contributed by atoms with van der Waals surface area (Å²) in [5.41, 5.74) is 12.3. The van der Waals surface area contributed by atoms with Crippen LogP contribution in [0.3, 0.4) is 0 Å². The van der Waals surface area contributed by atoms with E-state index in [0.29, 0.717) is 42.3 Å². The molecular formula is C53H62N7O17P3S. The van der Waals surface area contributed by atoms with Crippen LogP contribution >= 0.6 is 23.5 Å². The number of nitrogens with two attached hydrogens (primary N) is 1. The van der Waals surface area contributed by atoms with Crippen molar-refractivity contribution in [2.45, 2.75) is 95.5 Å². The summed E-state index contributed by atoms with van der Waals surface area (Å²) >= 11 is 0. The van der Waals surface area contributed by atoms with Crippen molar-refractivity contribution in [2.75, 3.05) is 43.4 Å². The van der Waals surface area contributed by atoms with Crippen molar-refractivity contribution in [1.29, 1.82) is 0 Å². The van der Waals surface area contributed by atoms with E-state index in [4.69, 9.17) is 24.7 Å². The first kappa shape index (κ1) is 60.9. The lowest BCUT2D eigenvalue weighted by Crippen LogP contribution is -2.29. The molecule has 0 saturated carbocycles. The predicted octanol–water partition coefficient (Wildman–Crippen LogP) is 6.82. The second kappa shape index (κ2) is 24.7. The van der Waals surface area contributed by atoms with Gasteiger partial charge in [-0.05, 0) is 75.1 Å². The van der Waals surface area contributed by atoms with Crippen LogP contribution in [0.2, 0.25) is 0 Å². The fourth-order valence-electron chi connectivity index (χ4n) is 10.0. The van der Waals surface area contributed by atoms with Gasteiger partial charge in [-0.2, -0.15) is 8.62 Å². The van der Waals surface area contributed by atoms with Gasteiger partial charge in [0.15, 0.2) is 0 Å². The Morgan fingerprint density at radius 3 is 2.44 bits per heavy atom. The van der Waals surface area contributed by atoms with Gasteiger partial charge in [0.25, 0.3) is 0 Å². The zero-order valence-electron chi connectivity index (χ0n) is 44.7. The van der Waals surface area contributed by atoms with Gasteiger partial charge in [-0.3, -0.25) is 9.32 Å². The van der Waals surface area contributed by atoms with Gasteiger partial charge in [0, 0.05) is 65.1 Å². The van der Waals surface area contributed by atoms with E-state index in [1.54, 1.807) is 6.07 Å². The maximum absolute atomic E-state index is 13.1. The second-order valence-corrected chi connectivity index (χ2v) is 25.4. The monoisotopic (exact) mass is 1190 g/mol. The number of anilines is 2. The fraction of sp³-hybridized carbons (Fsp3) is 0.358. The van der Waals surface area contributed by atoms with Crippen molar-refractivity contribution >= 4 is 68.1 Å². The number of ether oxygens (including phenoxy) is 1. The average Bonchev–Trinajstić information content (AvgIpc) is 4.24. The number of aliphatic hydroxyl groups is 1. The topological polar surface area (TPSA) is 352 Å². The van der Waals surface area contributed by atoms with E-state index in [-0.39, 0.29) is 41.7 Å². The molecule has 24 nitrogen and oxygen atoms in total. The molecule has 1 aliphatic carbocycles. The molecule has 432 valence electrons. The molecule has 0 radical (unpaired) electrons. The standard InChI is InChI=1S/C53H62N7O17P3S/c1-6-58(7-2)37-22-24-40-39(34(3)50(75-44(40)28-37)35-16-10-8-11-17-35)19-14-20-46-53(4,5)41-29-38(81(70,71)72)23-25-42(41)59(46)27-13-9-12-21-47(62)55-26-15-18-36-31-60(52-49(36)51(54)56-33-57-52)48-30-43(61)45(74-48)32-73-79(66,67)77-80(68,69)76-78(63,64)65/h8,10-11,14,16-17,19-20,22-25,28-29,31,33,43,45,48,61H,6-7,9,12-13,21,26-27,30,32H2,1-5H3,(H7-,54,55,56,57,62,63,64,65,66,67,68,69,70,71,72)/t43-,45+,48+/m0/s1. The molecular weight excluding hydrogens is 1130 g/mol. The Morgan fingerprint density at radius 2 is 1.74 bits per heavy atom. The van der Waals surface area contributed by atoms with Gasteiger partial charge in [0.05, 0.1) is 41.2 Å². The number of fused-ring (bicyclic) bond motifs is 3. The van der Waals surface area contributed by atoms with E-state index < -0.39 is 64.0 Å². The van der Waals surface area contributed by atoms with Crippen molar-refractivity contribution in [2.24, 2.45) is 0 Å². The highest BCUT2D eigenvalue weighted by atomic mass is 32.2. The molecule has 81 heavy (non-hydrogen) atoms. The predicted molar refractivity (Wildman–Crippen MR) is 298 cm³/mol. The van der Waals surface area contributed by atoms with Gasteiger partial charge >= 0.3 is 23.5 Å². The van der Waals surface area contributed by atoms with Gasteiger partial charge in [-0.1, -0.05) is 74.6 Å². The van der Waals surface area contributed by atoms with Crippen LogP contribution in [-0.4, -0.2) is 103 Å². The van der Waals surface area contributed by atoms with Gasteiger partial charge in [0.2, 0.25) is 11.3 Å². The highest BCUT2D eigenvalue weighted by molar-refractivity contribution is 7.85. The maximum atomic E-state index is 13.1. The van der Waals surface area contributed by atoms with Crippen molar-refractivity contribution in [3.63, 3.8) is 0 Å². The molecule has 5 atom stereocenters. The van der Waals surface area contributed by atoms with E-state index in [0.717, 1.165) is 63.6 Å². The lowest BCUT2D eigenvalue weighted by atomic mass is 9.83. The largest absolute Gasteiger partial charge is 0.744 e. The molecule has 0 bridgehead atoms. The highest BCUT2D eigenvalue weighted by Crippen LogP contribution is 2.66. The molecule has 4 aromatic rings. The Hall–Kier alpha value is -6.16. The number of aromatic nitrogens is 3. The van der Waals surface area contributed by atoms with Crippen LogP contribution in [0.1, 0.15) is 88.3 Å². The zero-order chi connectivity index (χ0) is 58.7. The SMILES string of the molecule is CC[N+](CC)=c1ccc2c(/C=C/C=C3/N(CCCCCC(=O)NCC#Cc4cn([C@H]5C[C@H](O)[C@@H](COP(=O)(O)OP(=O)(O)OP(=O)(O)O)O5)c5ncnc(N)c45)c4ccc(S(=O)(=O)[O-])cc4C3(C)C)c(C)c(-c3ccccc3)oc-2c1. The van der Waals surface area contributed by atoms with Crippen molar-refractivity contribution < 1.29 is 78.4 Å². The summed E-state index contributed by atoms with van der Waals surface area (Å²) in [4.78, 5) is 60.1. The quantitative estimate of drug-likeness (QED) is 0.0128. The van der Waals surface area contributed by atoms with Crippen molar-refractivity contribution in [3.05, 3.63) is 125 Å². The van der Waals surface area contributed by atoms with Gasteiger partial charge in [-0.25, -0.2) is 36.7 Å². The molecule has 3 aliphatic heterocycles. The van der Waals surface area contributed by atoms with E-state index in [2.05, 4.69) is 87.9 Å². The number of phosphoric ester groups is 1. The van der Waals surface area contributed by atoms with Crippen LogP contribution in [-0.2, 0) is 51.9 Å². The van der Waals surface area contributed by atoms with E-state index in [9.17, 15) is 46.4 Å². The van der Waals surface area contributed by atoms with E-state index in [1.165, 1.54) is 29.2 Å². The molecule has 8 N–H and O–H groups in total. The third kappa shape index (κ3) is 14.4. The Labute approximate surface area is 467 Å². The Bertz CT molecular complexity index is 3790. The number of hydrogen-bond acceptors (Lipinski definition) is 17. The molecule has 0 spiro atoms. The molecule has 1 fully saturated rings. The Kier molecular flexibility index (Phi) is 18.6. The fourth-order valence-corrected chi connectivity index (χ4v) is 13.5. The Morgan fingerprint density at radius 1 is 1.00 bits per heavy atom. The first-order valence-electron chi connectivity index (χ1n) is 25.7. The molecule has 4 aliphatic rings. The number of benzene rings is 3. The first-order valence-corrected chi connectivity index (χ1v) is 31.6. The molecule has 28 heteroatoms. The van der Waals surface area contributed by atoms with Crippen LogP contribution in [0.5, 0.6) is 0 Å². The third-order valence-electron chi connectivity index (χ3n) is 13.9. The summed E-state index contributed by atoms with van der Waals surface area (Å²) < 4.78 is 100. The summed E-state index contributed by atoms with van der Waals surface area (Å²) in [6.07, 6.45) is 7.12. The van der Waals surface area contributed by atoms with Crippen LogP contribution in [0.4, 0.5) is 11.5 Å². The molecule has 5 heterocycles. The molecule has 2 aromatic carbocycles. The molecule has 1 saturated heterocycles. The molecule has 2 unspecified atom stereocenters. The number of nitrogens with one attached hydrogen (secondary N) is 1. The number of nitrogens with zero attached hydrogens (tertiary/aromatic N) is 5. The number of carbonyl (C=O) groups excluding carboxylic acids is 1. The Balaban J connectivity index is 0.921. The average molecular weight is 1190 g/mol. The second-order valence-electron chi connectivity index (χ2n) is 19.6. The number of nitrogen functional groups attached to an aromatic ring is 1. The summed E-state index contributed by atoms with van der Waals surface area (Å²) in [5, 5.41) is 14.9. The minimum Gasteiger partial charge on any atom is -0.744 e. The highest BCUT2D eigenvalue weighted by Gasteiger charge is 2.44. The maximum Gasteiger partial charge on any atom is 0.490 e. The van der Waals surface area contributed by atoms with Gasteiger partial charge in [-0.15, -0.1) is 0 Å². The zero-order valence-corrected chi connectivity index (χ0v) is 48.2. The number of aliphatic hydroxyl groups excluding tert-OH is 1. The summed E-state index contributed by atoms with van der Waals surface area (Å²) in [7, 11) is -21.6. The molecule has 8 rings (SSSR count). The number of carbonyl (C=O) groups is 1. The van der Waals surface area contributed by atoms with Gasteiger partial charge < -0.3 is 58.9 Å². The van der Waals surface area contributed by atoms with Gasteiger partial charge in [0.1, 0.15) is 64.9 Å². The molecule has 1 amide bonds. The number of amides is 1. The van der Waals surface area contributed by atoms with Crippen LogP contribution in [0, 0.1) is 18.8 Å². The summed E-state index contributed by atoms with van der Waals surface area (Å²) in [5.74, 6) is 7.17. The minimum atomic E-state index is -5.77. The molecule has 2 aromatic heterocycles. The number of unbranched alkanes of at least 4 members (excludes halogenated alkanes) is 2. The smallest absolute Gasteiger partial charge is 0.490 e. The van der Waals surface area contributed by atoms with E-state index >= 15 is 0 Å². The number of rotatable bonds is 21. The lowest BCUT2D eigenvalue weighted by Gasteiger charge is -2.27. The normalized spacial score (nSPS) is 19.2. The first-order chi connectivity index (χ1) is 38.2.